The fourth-order valence-corrected chi connectivity index (χ4v) is 6.93. The lowest BCUT2D eigenvalue weighted by Crippen LogP contribution is -2.38. The predicted molar refractivity (Wildman–Crippen MR) is 176 cm³/mol. The van der Waals surface area contributed by atoms with Gasteiger partial charge in [0.25, 0.3) is 0 Å². The van der Waals surface area contributed by atoms with Crippen molar-refractivity contribution < 1.29 is 45.4 Å². The third-order valence-corrected chi connectivity index (χ3v) is 10.2. The third-order valence-electron chi connectivity index (χ3n) is 8.35. The van der Waals surface area contributed by atoms with Crippen molar-refractivity contribution in [2.75, 3.05) is 20.8 Å². The molecule has 0 aliphatic rings. The molecule has 10 nitrogen and oxygen atoms in total. The van der Waals surface area contributed by atoms with Crippen LogP contribution in [0.4, 0.5) is 17.6 Å². The van der Waals surface area contributed by atoms with E-state index < -0.39 is 40.5 Å². The standard InChI is InChI=1S/C33H33ClF4N4O6S/c1-18-13-20-15-21(35)7-8-22(20)27(14-18)48-12-6-11-42-26-10-9-24(34)30(28-19(2)41(4)39-25(28)17-43)29(26)23(31(42)32(44)47-5)16-40(3)49(45,46)33(36,37)38/h7-10,13-15,43H,6,11-12,16-17H2,1-5H3. The molecule has 0 radical (unpaired) electrons. The maximum Gasteiger partial charge on any atom is 0.511 e. The normalized spacial score (nSPS) is 12.4. The van der Waals surface area contributed by atoms with Crippen molar-refractivity contribution in [3.05, 3.63) is 81.5 Å². The molecule has 0 unspecified atom stereocenters. The fraction of sp³-hybridized carbons (Fsp3) is 0.333. The van der Waals surface area contributed by atoms with E-state index in [2.05, 4.69) is 5.10 Å². The Labute approximate surface area is 284 Å². The van der Waals surface area contributed by atoms with E-state index in [4.69, 9.17) is 21.1 Å². The number of aliphatic hydroxyl groups excluding tert-OH is 1. The molecule has 2 aromatic heterocycles. The summed E-state index contributed by atoms with van der Waals surface area (Å²) in [4.78, 5) is 13.5. The summed E-state index contributed by atoms with van der Waals surface area (Å²) >= 11 is 6.76. The van der Waals surface area contributed by atoms with Gasteiger partial charge in [-0.05, 0) is 67.6 Å². The molecule has 5 rings (SSSR count). The number of carbonyl (C=O) groups is 1. The maximum atomic E-state index is 13.9. The van der Waals surface area contributed by atoms with Crippen LogP contribution in [0.5, 0.6) is 5.75 Å². The number of sulfonamides is 1. The molecule has 3 aromatic carbocycles. The Bertz CT molecular complexity index is 2190. The number of aryl methyl sites for hydroxylation is 3. The van der Waals surface area contributed by atoms with Gasteiger partial charge in [-0.2, -0.15) is 22.6 Å². The minimum Gasteiger partial charge on any atom is -0.493 e. The van der Waals surface area contributed by atoms with Crippen LogP contribution in [0.15, 0.2) is 42.5 Å². The zero-order chi connectivity index (χ0) is 36.0. The zero-order valence-corrected chi connectivity index (χ0v) is 28.7. The average Bonchev–Trinajstić information content (AvgIpc) is 3.50. The van der Waals surface area contributed by atoms with E-state index in [1.807, 2.05) is 19.1 Å². The lowest BCUT2D eigenvalue weighted by atomic mass is 9.96. The second-order valence-electron chi connectivity index (χ2n) is 11.5. The lowest BCUT2D eigenvalue weighted by Gasteiger charge is -2.20. The van der Waals surface area contributed by atoms with E-state index in [1.54, 1.807) is 32.2 Å². The molecule has 49 heavy (non-hydrogen) atoms. The van der Waals surface area contributed by atoms with Crippen molar-refractivity contribution in [1.82, 2.24) is 18.7 Å². The highest BCUT2D eigenvalue weighted by Gasteiger charge is 2.49. The molecule has 0 amide bonds. The summed E-state index contributed by atoms with van der Waals surface area (Å²) in [5.74, 6) is -0.808. The minimum atomic E-state index is -5.82. The molecular weight excluding hydrogens is 692 g/mol. The van der Waals surface area contributed by atoms with Gasteiger partial charge in [0.05, 0.1) is 26.0 Å². The number of halogens is 5. The summed E-state index contributed by atoms with van der Waals surface area (Å²) in [6.07, 6.45) is 0.270. The van der Waals surface area contributed by atoms with Gasteiger partial charge < -0.3 is 19.1 Å². The van der Waals surface area contributed by atoms with E-state index >= 15 is 0 Å². The van der Waals surface area contributed by atoms with Crippen molar-refractivity contribution in [3.63, 3.8) is 0 Å². The van der Waals surface area contributed by atoms with Crippen molar-refractivity contribution in [1.29, 1.82) is 0 Å². The Morgan fingerprint density at radius 1 is 1.10 bits per heavy atom. The van der Waals surface area contributed by atoms with Crippen LogP contribution in [-0.4, -0.2) is 64.4 Å². The molecule has 1 N–H and O–H groups in total. The topological polar surface area (TPSA) is 116 Å². The van der Waals surface area contributed by atoms with Gasteiger partial charge in [0.1, 0.15) is 17.3 Å². The van der Waals surface area contributed by atoms with Crippen LogP contribution in [0.2, 0.25) is 5.02 Å². The quantitative estimate of drug-likeness (QED) is 0.0924. The van der Waals surface area contributed by atoms with Gasteiger partial charge in [0, 0.05) is 70.9 Å². The van der Waals surface area contributed by atoms with Crippen LogP contribution >= 0.6 is 11.6 Å². The molecule has 2 heterocycles. The van der Waals surface area contributed by atoms with Gasteiger partial charge in [-0.3, -0.25) is 4.68 Å². The number of fused-ring (bicyclic) bond motifs is 2. The van der Waals surface area contributed by atoms with Crippen molar-refractivity contribution in [3.8, 4) is 16.9 Å². The van der Waals surface area contributed by atoms with Crippen LogP contribution in [0.1, 0.15) is 39.4 Å². The summed E-state index contributed by atoms with van der Waals surface area (Å²) in [7, 11) is -2.33. The number of benzene rings is 3. The molecule has 5 aromatic rings. The molecule has 0 fully saturated rings. The van der Waals surface area contributed by atoms with Gasteiger partial charge in [0.15, 0.2) is 0 Å². The van der Waals surface area contributed by atoms with Gasteiger partial charge >= 0.3 is 21.5 Å². The SMILES string of the molecule is COC(=O)c1c(CN(C)S(=O)(=O)C(F)(F)F)c2c(-c3c(CO)nn(C)c3C)c(Cl)ccc2n1CCCOc1cc(C)cc2cc(F)ccc12. The molecular formula is C33H33ClF4N4O6S. The molecule has 0 saturated carbocycles. The number of alkyl halides is 3. The minimum absolute atomic E-state index is 0.0784. The highest BCUT2D eigenvalue weighted by atomic mass is 35.5. The highest BCUT2D eigenvalue weighted by Crippen LogP contribution is 2.43. The van der Waals surface area contributed by atoms with Crippen molar-refractivity contribution in [2.24, 2.45) is 7.05 Å². The number of hydrogen-bond donors (Lipinski definition) is 1. The summed E-state index contributed by atoms with van der Waals surface area (Å²) in [6.45, 7) is 2.36. The zero-order valence-electron chi connectivity index (χ0n) is 27.2. The molecule has 0 atom stereocenters. The number of aliphatic hydroxyl groups is 1. The van der Waals surface area contributed by atoms with Gasteiger partial charge in [0.2, 0.25) is 0 Å². The van der Waals surface area contributed by atoms with Crippen LogP contribution < -0.4 is 4.74 Å². The number of methoxy groups -OCH3 is 1. The number of nitrogens with zero attached hydrogens (tertiary/aromatic N) is 4. The fourth-order valence-electron chi connectivity index (χ4n) is 6.03. The summed E-state index contributed by atoms with van der Waals surface area (Å²) in [5.41, 5.74) is -3.31. The first-order valence-corrected chi connectivity index (χ1v) is 16.7. The number of esters is 1. The maximum absolute atomic E-state index is 13.9. The first kappa shape index (κ1) is 36.1. The van der Waals surface area contributed by atoms with Crippen molar-refractivity contribution in [2.45, 2.75) is 45.5 Å². The molecule has 0 spiro atoms. The summed E-state index contributed by atoms with van der Waals surface area (Å²) < 4.78 is 94.1. The molecule has 0 saturated heterocycles. The Hall–Kier alpha value is -4.18. The van der Waals surface area contributed by atoms with Crippen LogP contribution in [0, 0.1) is 19.7 Å². The first-order valence-electron chi connectivity index (χ1n) is 14.9. The molecule has 0 aliphatic heterocycles. The Kier molecular flexibility index (Phi) is 10.0. The first-order chi connectivity index (χ1) is 23.0. The van der Waals surface area contributed by atoms with Gasteiger partial charge in [-0.15, -0.1) is 0 Å². The van der Waals surface area contributed by atoms with Crippen molar-refractivity contribution >= 4 is 49.3 Å². The number of rotatable bonds is 11. The molecule has 0 bridgehead atoms. The molecule has 262 valence electrons. The third kappa shape index (κ3) is 6.59. The van der Waals surface area contributed by atoms with Crippen LogP contribution in [0.3, 0.4) is 0 Å². The van der Waals surface area contributed by atoms with E-state index in [9.17, 15) is 35.9 Å². The molecule has 16 heteroatoms. The number of carbonyl (C=O) groups excluding carboxylic acids is 1. The second-order valence-corrected chi connectivity index (χ2v) is 14.0. The van der Waals surface area contributed by atoms with E-state index in [1.165, 1.54) is 21.4 Å². The lowest BCUT2D eigenvalue weighted by molar-refractivity contribution is -0.0484. The number of aromatic nitrogens is 3. The van der Waals surface area contributed by atoms with E-state index in [-0.39, 0.29) is 56.8 Å². The summed E-state index contributed by atoms with van der Waals surface area (Å²) in [5, 5.41) is 16.2. The predicted octanol–water partition coefficient (Wildman–Crippen LogP) is 6.63. The number of ether oxygens (including phenoxy) is 2. The summed E-state index contributed by atoms with van der Waals surface area (Å²) in [6, 6.07) is 11.1. The Balaban J connectivity index is 1.67. The van der Waals surface area contributed by atoms with E-state index in [0.29, 0.717) is 33.3 Å². The number of hydrogen-bond acceptors (Lipinski definition) is 7. The second kappa shape index (κ2) is 13.6. The molecule has 0 aliphatic carbocycles. The largest absolute Gasteiger partial charge is 0.511 e. The Morgan fingerprint density at radius 3 is 2.47 bits per heavy atom. The monoisotopic (exact) mass is 724 g/mol. The van der Waals surface area contributed by atoms with E-state index in [0.717, 1.165) is 19.7 Å². The smallest absolute Gasteiger partial charge is 0.493 e. The average molecular weight is 725 g/mol. The van der Waals surface area contributed by atoms with Crippen LogP contribution in [-0.2, 0) is 41.5 Å². The van der Waals surface area contributed by atoms with Gasteiger partial charge in [-0.1, -0.05) is 17.7 Å². The highest BCUT2D eigenvalue weighted by molar-refractivity contribution is 7.89. The van der Waals surface area contributed by atoms with Crippen LogP contribution in [0.25, 0.3) is 32.8 Å². The Morgan fingerprint density at radius 2 is 1.82 bits per heavy atom. The van der Waals surface area contributed by atoms with Gasteiger partial charge in [-0.25, -0.2) is 17.6 Å².